The van der Waals surface area contributed by atoms with Gasteiger partial charge >= 0.3 is 0 Å². The van der Waals surface area contributed by atoms with E-state index in [0.29, 0.717) is 31.2 Å². The normalized spacial score (nSPS) is 19.7. The van der Waals surface area contributed by atoms with E-state index in [2.05, 4.69) is 17.3 Å². The van der Waals surface area contributed by atoms with Gasteiger partial charge in [0.05, 0.1) is 18.4 Å². The van der Waals surface area contributed by atoms with Gasteiger partial charge in [-0.2, -0.15) is 0 Å². The number of benzene rings is 1. The molecule has 1 amide bonds. The van der Waals surface area contributed by atoms with Crippen LogP contribution in [0.5, 0.6) is 5.75 Å². The summed E-state index contributed by atoms with van der Waals surface area (Å²) in [6, 6.07) is 12.0. The van der Waals surface area contributed by atoms with Gasteiger partial charge in [-0.3, -0.25) is 4.79 Å². The van der Waals surface area contributed by atoms with E-state index in [9.17, 15) is 4.79 Å². The lowest BCUT2D eigenvalue weighted by molar-refractivity contribution is -0.123. The molecule has 4 heterocycles. The molecular weight excluding hydrogens is 444 g/mol. The van der Waals surface area contributed by atoms with Gasteiger partial charge in [0, 0.05) is 31.7 Å². The number of carbonyl (C=O) groups is 1. The van der Waals surface area contributed by atoms with Crippen molar-refractivity contribution in [3.63, 3.8) is 0 Å². The Morgan fingerprint density at radius 3 is 2.60 bits per heavy atom. The lowest BCUT2D eigenvalue weighted by Gasteiger charge is -2.46. The minimum Gasteiger partial charge on any atom is -0.497 e. The maximum Gasteiger partial charge on any atom is 0.289 e. The van der Waals surface area contributed by atoms with E-state index in [-0.39, 0.29) is 11.5 Å². The van der Waals surface area contributed by atoms with Gasteiger partial charge in [-0.15, -0.1) is 0 Å². The first kappa shape index (κ1) is 23.7. The van der Waals surface area contributed by atoms with Crippen LogP contribution in [0.25, 0.3) is 0 Å². The van der Waals surface area contributed by atoms with Crippen LogP contribution in [0.2, 0.25) is 0 Å². The van der Waals surface area contributed by atoms with Crippen molar-refractivity contribution in [2.45, 2.75) is 58.0 Å². The van der Waals surface area contributed by atoms with E-state index in [1.165, 1.54) is 5.56 Å². The number of hydrogen-bond acceptors (Lipinski definition) is 6. The predicted molar refractivity (Wildman–Crippen MR) is 131 cm³/mol. The van der Waals surface area contributed by atoms with Crippen LogP contribution in [0.1, 0.15) is 64.6 Å². The second-order valence-electron chi connectivity index (χ2n) is 9.98. The molecule has 7 nitrogen and oxygen atoms in total. The maximum absolute atomic E-state index is 13.1. The van der Waals surface area contributed by atoms with Crippen LogP contribution in [0, 0.1) is 19.8 Å². The molecule has 2 aliphatic rings. The number of methoxy groups -OCH3 is 1. The Balaban J connectivity index is 1.16. The summed E-state index contributed by atoms with van der Waals surface area (Å²) in [4.78, 5) is 15.0. The van der Waals surface area contributed by atoms with Crippen LogP contribution >= 0.6 is 0 Å². The Morgan fingerprint density at radius 2 is 1.91 bits per heavy atom. The van der Waals surface area contributed by atoms with Crippen LogP contribution in [-0.4, -0.2) is 48.4 Å². The van der Waals surface area contributed by atoms with Gasteiger partial charge < -0.3 is 23.3 Å². The number of ether oxygens (including phenoxy) is 2. The van der Waals surface area contributed by atoms with E-state index in [0.717, 1.165) is 67.2 Å². The van der Waals surface area contributed by atoms with E-state index < -0.39 is 0 Å². The monoisotopic (exact) mass is 478 g/mol. The van der Waals surface area contributed by atoms with E-state index >= 15 is 0 Å². The average Bonchev–Trinajstić information content (AvgIpc) is 3.47. The van der Waals surface area contributed by atoms with Crippen molar-refractivity contribution in [1.29, 1.82) is 0 Å². The highest BCUT2D eigenvalue weighted by molar-refractivity contribution is 5.91. The summed E-state index contributed by atoms with van der Waals surface area (Å²) in [5.74, 6) is 3.36. The van der Waals surface area contributed by atoms with E-state index in [4.69, 9.17) is 18.4 Å². The van der Waals surface area contributed by atoms with Gasteiger partial charge in [0.25, 0.3) is 5.91 Å². The summed E-state index contributed by atoms with van der Waals surface area (Å²) in [5, 5.41) is 4.00. The molecule has 2 aromatic heterocycles. The Labute approximate surface area is 206 Å². The number of carbonyl (C=O) groups excluding carboxylic acids is 1. The summed E-state index contributed by atoms with van der Waals surface area (Å²) in [6.45, 7) is 5.97. The molecule has 2 fully saturated rings. The van der Waals surface area contributed by atoms with Crippen LogP contribution in [0.15, 0.2) is 45.3 Å². The maximum atomic E-state index is 13.1. The van der Waals surface area contributed by atoms with Gasteiger partial charge in [-0.1, -0.05) is 17.3 Å². The zero-order chi connectivity index (χ0) is 24.4. The summed E-state index contributed by atoms with van der Waals surface area (Å²) in [7, 11) is 1.69. The summed E-state index contributed by atoms with van der Waals surface area (Å²) < 4.78 is 22.8. The van der Waals surface area contributed by atoms with Gasteiger partial charge in [0.2, 0.25) is 0 Å². The number of aromatic nitrogens is 1. The van der Waals surface area contributed by atoms with Crippen molar-refractivity contribution in [2.24, 2.45) is 5.92 Å². The average molecular weight is 479 g/mol. The molecule has 1 aromatic carbocycles. The topological polar surface area (TPSA) is 77.9 Å². The number of piperidine rings is 1. The fourth-order valence-electron chi connectivity index (χ4n) is 5.54. The molecular formula is C28H34N2O5. The number of rotatable bonds is 6. The standard InChI is InChI=1S/C28H34N2O5/c1-19-25(20(2)35-29-19)17-24-8-9-26(34-24)27(31)30-13-11-28(12-14-30)18-22(10-15-33-28)16-21-4-6-23(32-3)7-5-21/h4-9,22H,10-18H2,1-3H3. The number of amides is 1. The van der Waals surface area contributed by atoms with Crippen LogP contribution in [0.4, 0.5) is 0 Å². The molecule has 0 radical (unpaired) electrons. The predicted octanol–water partition coefficient (Wildman–Crippen LogP) is 5.13. The van der Waals surface area contributed by atoms with Gasteiger partial charge in [0.1, 0.15) is 17.3 Å². The molecule has 1 spiro atoms. The zero-order valence-electron chi connectivity index (χ0n) is 20.8. The molecule has 0 aliphatic carbocycles. The van der Waals surface area contributed by atoms with Crippen molar-refractivity contribution in [3.8, 4) is 5.75 Å². The quantitative estimate of drug-likeness (QED) is 0.489. The van der Waals surface area contributed by atoms with Crippen LogP contribution in [0.3, 0.4) is 0 Å². The molecule has 2 saturated heterocycles. The van der Waals surface area contributed by atoms with Crippen molar-refractivity contribution >= 4 is 5.91 Å². The lowest BCUT2D eigenvalue weighted by Crippen LogP contribution is -2.51. The first-order valence-corrected chi connectivity index (χ1v) is 12.5. The summed E-state index contributed by atoms with van der Waals surface area (Å²) in [5.41, 5.74) is 3.08. The van der Waals surface area contributed by atoms with Crippen molar-refractivity contribution in [3.05, 3.63) is 70.5 Å². The zero-order valence-corrected chi connectivity index (χ0v) is 20.8. The minimum absolute atomic E-state index is 0.0459. The smallest absolute Gasteiger partial charge is 0.289 e. The fraction of sp³-hybridized carbons (Fsp3) is 0.500. The van der Waals surface area contributed by atoms with Gasteiger partial charge in [-0.05, 0) is 81.7 Å². The highest BCUT2D eigenvalue weighted by Gasteiger charge is 2.41. The molecule has 1 atom stereocenters. The van der Waals surface area contributed by atoms with Crippen LogP contribution < -0.4 is 4.74 Å². The SMILES string of the molecule is COc1ccc(CC2CCOC3(CCN(C(=O)c4ccc(Cc5c(C)noc5C)o4)CC3)C2)cc1. The Kier molecular flexibility index (Phi) is 6.69. The second kappa shape index (κ2) is 9.90. The third-order valence-corrected chi connectivity index (χ3v) is 7.65. The third-order valence-electron chi connectivity index (χ3n) is 7.65. The summed E-state index contributed by atoms with van der Waals surface area (Å²) >= 11 is 0. The Hall–Kier alpha value is -3.06. The first-order chi connectivity index (χ1) is 16.9. The highest BCUT2D eigenvalue weighted by Crippen LogP contribution is 2.39. The largest absolute Gasteiger partial charge is 0.497 e. The summed E-state index contributed by atoms with van der Waals surface area (Å²) in [6.07, 6.45) is 5.48. The number of nitrogens with zero attached hydrogens (tertiary/aromatic N) is 2. The van der Waals surface area contributed by atoms with Crippen molar-refractivity contribution in [2.75, 3.05) is 26.8 Å². The molecule has 0 N–H and O–H groups in total. The van der Waals surface area contributed by atoms with Gasteiger partial charge in [0.15, 0.2) is 5.76 Å². The fourth-order valence-corrected chi connectivity index (χ4v) is 5.54. The Morgan fingerprint density at radius 1 is 1.14 bits per heavy atom. The molecule has 0 bridgehead atoms. The molecule has 35 heavy (non-hydrogen) atoms. The molecule has 5 rings (SSSR count). The molecule has 0 saturated carbocycles. The molecule has 186 valence electrons. The Bertz CT molecular complexity index is 1130. The molecule has 1 unspecified atom stereocenters. The van der Waals surface area contributed by atoms with E-state index in [1.807, 2.05) is 36.9 Å². The lowest BCUT2D eigenvalue weighted by atomic mass is 9.77. The molecule has 3 aromatic rings. The molecule has 2 aliphatic heterocycles. The van der Waals surface area contributed by atoms with Crippen molar-refractivity contribution < 1.29 is 23.2 Å². The first-order valence-electron chi connectivity index (χ1n) is 12.5. The number of hydrogen-bond donors (Lipinski definition) is 0. The number of likely N-dealkylation sites (tertiary alicyclic amines) is 1. The van der Waals surface area contributed by atoms with Gasteiger partial charge in [-0.25, -0.2) is 0 Å². The second-order valence-corrected chi connectivity index (χ2v) is 9.98. The van der Waals surface area contributed by atoms with E-state index in [1.54, 1.807) is 13.2 Å². The number of aryl methyl sites for hydroxylation is 2. The highest BCUT2D eigenvalue weighted by atomic mass is 16.5. The minimum atomic E-state index is -0.121. The third kappa shape index (κ3) is 5.15. The van der Waals surface area contributed by atoms with Crippen molar-refractivity contribution in [1.82, 2.24) is 10.1 Å². The van der Waals surface area contributed by atoms with Crippen LogP contribution in [-0.2, 0) is 17.6 Å². The number of furan rings is 1. The molecule has 7 heteroatoms.